The number of likely N-dealkylation sites (tertiary alicyclic amines) is 1. The van der Waals surface area contributed by atoms with Crippen LogP contribution in [0.1, 0.15) is 44.9 Å². The van der Waals surface area contributed by atoms with Crippen LogP contribution in [0.5, 0.6) is 0 Å². The van der Waals surface area contributed by atoms with E-state index in [4.69, 9.17) is 0 Å². The number of hydrogen-bond acceptors (Lipinski definition) is 4. The van der Waals surface area contributed by atoms with Crippen molar-refractivity contribution < 1.29 is 9.59 Å². The molecular formula is C17H29N3O2S. The van der Waals surface area contributed by atoms with Gasteiger partial charge < -0.3 is 15.1 Å². The lowest BCUT2D eigenvalue weighted by Crippen LogP contribution is -2.49. The Kier molecular flexibility index (Phi) is 5.85. The summed E-state index contributed by atoms with van der Waals surface area (Å²) in [6.07, 6.45) is 8.14. The summed E-state index contributed by atoms with van der Waals surface area (Å²) in [6, 6.07) is 1.57. The van der Waals surface area contributed by atoms with E-state index < -0.39 is 0 Å². The summed E-state index contributed by atoms with van der Waals surface area (Å²) in [6.45, 7) is 1.79. The first kappa shape index (κ1) is 17.1. The molecule has 0 aromatic carbocycles. The van der Waals surface area contributed by atoms with Crippen molar-refractivity contribution in [2.24, 2.45) is 0 Å². The zero-order valence-electron chi connectivity index (χ0n) is 14.1. The van der Waals surface area contributed by atoms with Crippen LogP contribution in [0.25, 0.3) is 0 Å². The quantitative estimate of drug-likeness (QED) is 0.824. The van der Waals surface area contributed by atoms with Gasteiger partial charge in [-0.2, -0.15) is 0 Å². The topological polar surface area (TPSA) is 52.7 Å². The van der Waals surface area contributed by atoms with Gasteiger partial charge >= 0.3 is 0 Å². The first-order valence-electron chi connectivity index (χ1n) is 9.00. The molecule has 0 spiro atoms. The van der Waals surface area contributed by atoms with E-state index >= 15 is 0 Å². The Bertz CT molecular complexity index is 428. The van der Waals surface area contributed by atoms with Gasteiger partial charge in [-0.3, -0.25) is 9.59 Å². The van der Waals surface area contributed by atoms with Crippen molar-refractivity contribution >= 4 is 23.6 Å². The van der Waals surface area contributed by atoms with E-state index in [1.54, 1.807) is 0 Å². The van der Waals surface area contributed by atoms with Crippen LogP contribution >= 0.6 is 11.8 Å². The fourth-order valence-corrected chi connectivity index (χ4v) is 4.95. The molecule has 2 amide bonds. The zero-order chi connectivity index (χ0) is 16.2. The molecule has 0 radical (unpaired) electrons. The van der Waals surface area contributed by atoms with Gasteiger partial charge in [-0.15, -0.1) is 11.8 Å². The maximum absolute atomic E-state index is 12.4. The minimum Gasteiger partial charge on any atom is -0.342 e. The fraction of sp³-hybridized carbons (Fsp3) is 0.882. The third kappa shape index (κ3) is 4.41. The van der Waals surface area contributed by atoms with Crippen LogP contribution in [-0.2, 0) is 9.59 Å². The van der Waals surface area contributed by atoms with Crippen molar-refractivity contribution in [2.75, 3.05) is 31.6 Å². The number of carbonyl (C=O) groups is 2. The van der Waals surface area contributed by atoms with E-state index in [0.717, 1.165) is 38.8 Å². The number of amides is 2. The van der Waals surface area contributed by atoms with Crippen LogP contribution in [-0.4, -0.2) is 71.4 Å². The molecule has 3 fully saturated rings. The predicted molar refractivity (Wildman–Crippen MR) is 93.5 cm³/mol. The largest absolute Gasteiger partial charge is 0.342 e. The van der Waals surface area contributed by atoms with Gasteiger partial charge in [0.05, 0.1) is 11.5 Å². The van der Waals surface area contributed by atoms with Crippen molar-refractivity contribution in [1.29, 1.82) is 0 Å². The number of piperidine rings is 2. The van der Waals surface area contributed by atoms with E-state index in [-0.39, 0.29) is 11.8 Å². The molecule has 0 aromatic heterocycles. The average Bonchev–Trinajstić information content (AvgIpc) is 2.92. The first-order chi connectivity index (χ1) is 11.1. The standard InChI is InChI=1S/C17H29N3O2S/c1-19(15-9-13-5-6-14(10-15)18-13)16(21)11-23-12-17(22)20-7-3-2-4-8-20/h13-15,18H,2-12H2,1H3. The van der Waals surface area contributed by atoms with E-state index in [1.165, 1.54) is 31.0 Å². The molecule has 0 aromatic rings. The van der Waals surface area contributed by atoms with E-state index in [1.807, 2.05) is 16.8 Å². The molecule has 2 atom stereocenters. The molecule has 2 bridgehead atoms. The van der Waals surface area contributed by atoms with Crippen molar-refractivity contribution in [1.82, 2.24) is 15.1 Å². The Hall–Kier alpha value is -0.750. The monoisotopic (exact) mass is 339 g/mol. The molecular weight excluding hydrogens is 310 g/mol. The Balaban J connectivity index is 1.37. The molecule has 6 heteroatoms. The SMILES string of the molecule is CN(C(=O)CSCC(=O)N1CCCCC1)C1CC2CCC(C1)N2. The number of thioether (sulfide) groups is 1. The minimum absolute atomic E-state index is 0.174. The fourth-order valence-electron chi connectivity index (χ4n) is 4.11. The second kappa shape index (κ2) is 7.88. The van der Waals surface area contributed by atoms with Crippen molar-refractivity contribution in [3.8, 4) is 0 Å². The maximum atomic E-state index is 12.4. The molecule has 2 unspecified atom stereocenters. The maximum Gasteiger partial charge on any atom is 0.232 e. The molecule has 3 rings (SSSR count). The van der Waals surface area contributed by atoms with Crippen LogP contribution in [0.2, 0.25) is 0 Å². The van der Waals surface area contributed by atoms with Crippen LogP contribution in [0.15, 0.2) is 0 Å². The highest BCUT2D eigenvalue weighted by Crippen LogP contribution is 2.29. The van der Waals surface area contributed by atoms with Gasteiger partial charge in [-0.1, -0.05) is 0 Å². The van der Waals surface area contributed by atoms with Gasteiger partial charge in [0.2, 0.25) is 11.8 Å². The summed E-state index contributed by atoms with van der Waals surface area (Å²) in [5, 5.41) is 3.62. The minimum atomic E-state index is 0.174. The van der Waals surface area contributed by atoms with Crippen LogP contribution in [0.3, 0.4) is 0 Å². The Labute approximate surface area is 143 Å². The van der Waals surface area contributed by atoms with Crippen LogP contribution in [0, 0.1) is 0 Å². The lowest BCUT2D eigenvalue weighted by Gasteiger charge is -2.35. The number of rotatable bonds is 5. The highest BCUT2D eigenvalue weighted by Gasteiger charge is 2.36. The van der Waals surface area contributed by atoms with Crippen molar-refractivity contribution in [3.05, 3.63) is 0 Å². The highest BCUT2D eigenvalue weighted by molar-refractivity contribution is 8.00. The van der Waals surface area contributed by atoms with Crippen LogP contribution < -0.4 is 5.32 Å². The molecule has 3 aliphatic heterocycles. The molecule has 5 nitrogen and oxygen atoms in total. The normalized spacial score (nSPS) is 30.3. The van der Waals surface area contributed by atoms with Gasteiger partial charge in [0.1, 0.15) is 0 Å². The lowest BCUT2D eigenvalue weighted by atomic mass is 9.98. The number of fused-ring (bicyclic) bond motifs is 2. The number of nitrogens with one attached hydrogen (secondary N) is 1. The Morgan fingerprint density at radius 3 is 2.39 bits per heavy atom. The summed E-state index contributed by atoms with van der Waals surface area (Å²) in [7, 11) is 1.94. The van der Waals surface area contributed by atoms with E-state index in [2.05, 4.69) is 5.32 Å². The Morgan fingerprint density at radius 1 is 1.09 bits per heavy atom. The molecule has 3 aliphatic rings. The third-order valence-electron chi connectivity index (χ3n) is 5.55. The van der Waals surface area contributed by atoms with Crippen molar-refractivity contribution in [3.63, 3.8) is 0 Å². The molecule has 23 heavy (non-hydrogen) atoms. The van der Waals surface area contributed by atoms with E-state index in [0.29, 0.717) is 29.6 Å². The van der Waals surface area contributed by atoms with Gasteiger partial charge in [0.25, 0.3) is 0 Å². The first-order valence-corrected chi connectivity index (χ1v) is 10.2. The summed E-state index contributed by atoms with van der Waals surface area (Å²) in [5.41, 5.74) is 0. The second-order valence-electron chi connectivity index (χ2n) is 7.20. The highest BCUT2D eigenvalue weighted by atomic mass is 32.2. The summed E-state index contributed by atoms with van der Waals surface area (Å²) < 4.78 is 0. The third-order valence-corrected chi connectivity index (χ3v) is 6.45. The Morgan fingerprint density at radius 2 is 1.74 bits per heavy atom. The van der Waals surface area contributed by atoms with E-state index in [9.17, 15) is 9.59 Å². The molecule has 1 N–H and O–H groups in total. The van der Waals surface area contributed by atoms with Gasteiger partial charge in [0.15, 0.2) is 0 Å². The summed E-state index contributed by atoms with van der Waals surface area (Å²) in [4.78, 5) is 28.4. The van der Waals surface area contributed by atoms with Crippen molar-refractivity contribution in [2.45, 2.75) is 63.1 Å². The van der Waals surface area contributed by atoms with Crippen LogP contribution in [0.4, 0.5) is 0 Å². The van der Waals surface area contributed by atoms with Gasteiger partial charge in [0, 0.05) is 38.3 Å². The number of nitrogens with zero attached hydrogens (tertiary/aromatic N) is 2. The molecule has 3 heterocycles. The summed E-state index contributed by atoms with van der Waals surface area (Å²) >= 11 is 1.47. The second-order valence-corrected chi connectivity index (χ2v) is 8.19. The molecule has 3 saturated heterocycles. The number of carbonyl (C=O) groups excluding carboxylic acids is 2. The zero-order valence-corrected chi connectivity index (χ0v) is 14.9. The molecule has 0 saturated carbocycles. The average molecular weight is 340 g/mol. The lowest BCUT2D eigenvalue weighted by molar-refractivity contribution is -0.129. The molecule has 0 aliphatic carbocycles. The number of hydrogen-bond donors (Lipinski definition) is 1. The van der Waals surface area contributed by atoms with Gasteiger partial charge in [-0.25, -0.2) is 0 Å². The predicted octanol–water partition coefficient (Wildman–Crippen LogP) is 1.47. The molecule has 130 valence electrons. The summed E-state index contributed by atoms with van der Waals surface area (Å²) in [5.74, 6) is 1.24. The van der Waals surface area contributed by atoms with Gasteiger partial charge in [-0.05, 0) is 44.9 Å². The smallest absolute Gasteiger partial charge is 0.232 e.